The summed E-state index contributed by atoms with van der Waals surface area (Å²) in [6, 6.07) is 3.36. The summed E-state index contributed by atoms with van der Waals surface area (Å²) in [7, 11) is 1.31. The molecule has 0 amide bonds. The lowest BCUT2D eigenvalue weighted by Gasteiger charge is -2.69. The van der Waals surface area contributed by atoms with Crippen molar-refractivity contribution >= 4 is 34.7 Å². The van der Waals surface area contributed by atoms with Crippen LogP contribution in [0.4, 0.5) is 4.39 Å². The molecule has 34 heavy (non-hydrogen) atoms. The Balaban J connectivity index is 1.44. The molecule has 4 heterocycles. The average molecular weight is 505 g/mol. The van der Waals surface area contributed by atoms with E-state index in [1.165, 1.54) is 36.6 Å². The second-order valence-corrected chi connectivity index (χ2v) is 10.3. The van der Waals surface area contributed by atoms with E-state index in [1.54, 1.807) is 6.20 Å². The van der Waals surface area contributed by atoms with Crippen LogP contribution in [0.5, 0.6) is 0 Å². The number of aliphatic hydroxyl groups is 1. The lowest BCUT2D eigenvalue weighted by atomic mass is 9.52. The number of esters is 1. The highest BCUT2D eigenvalue weighted by Crippen LogP contribution is 2.60. The van der Waals surface area contributed by atoms with E-state index in [-0.39, 0.29) is 22.5 Å². The van der Waals surface area contributed by atoms with Crippen molar-refractivity contribution in [3.63, 3.8) is 0 Å². The number of amidine groups is 1. The zero-order valence-electron chi connectivity index (χ0n) is 18.2. The third kappa shape index (κ3) is 3.16. The first-order valence-corrected chi connectivity index (χ1v) is 12.2. The maximum atomic E-state index is 13.8. The first kappa shape index (κ1) is 22.1. The van der Waals surface area contributed by atoms with E-state index in [9.17, 15) is 14.3 Å². The molecule has 0 bridgehead atoms. The Hall–Kier alpha value is -2.37. The van der Waals surface area contributed by atoms with Crippen molar-refractivity contribution in [1.82, 2.24) is 15.2 Å². The van der Waals surface area contributed by atoms with Crippen LogP contribution in [-0.2, 0) is 14.3 Å². The minimum Gasteiger partial charge on any atom is -0.466 e. The number of methoxy groups -OCH3 is 1. The molecule has 11 heteroatoms. The first-order chi connectivity index (χ1) is 16.4. The van der Waals surface area contributed by atoms with E-state index in [0.29, 0.717) is 47.4 Å². The number of piperidine rings is 1. The van der Waals surface area contributed by atoms with Crippen LogP contribution in [0, 0.1) is 11.2 Å². The number of likely N-dealkylation sites (tertiary alicyclic amines) is 1. The summed E-state index contributed by atoms with van der Waals surface area (Å²) in [6.07, 6.45) is 1.97. The van der Waals surface area contributed by atoms with Crippen molar-refractivity contribution in [3.8, 4) is 0 Å². The van der Waals surface area contributed by atoms with Gasteiger partial charge in [-0.25, -0.2) is 14.2 Å². The fraction of sp³-hybridized carbons (Fsp3) is 0.435. The van der Waals surface area contributed by atoms with E-state index >= 15 is 0 Å². The molecule has 1 aromatic heterocycles. The van der Waals surface area contributed by atoms with Crippen molar-refractivity contribution < 1.29 is 23.8 Å². The highest BCUT2D eigenvalue weighted by atomic mass is 35.5. The number of ether oxygens (including phenoxy) is 2. The minimum atomic E-state index is -0.812. The molecule has 4 aliphatic rings. The number of carbonyl (C=O) groups excluding carboxylic acids is 1. The van der Waals surface area contributed by atoms with Gasteiger partial charge in [-0.15, -0.1) is 11.3 Å². The topological polar surface area (TPSA) is 96.3 Å². The van der Waals surface area contributed by atoms with Crippen LogP contribution < -0.4 is 5.32 Å². The largest absolute Gasteiger partial charge is 0.466 e. The Morgan fingerprint density at radius 3 is 3.06 bits per heavy atom. The standard InChI is InChI=1S/C23H22ClFN4O4S/c1-32-22(31)17-14(8-29-16-9-33-10-23(16)7-15(30)19(23)29)27-20(21-26-4-5-34-21)28-18(17)12-3-2-11(25)6-13(12)24/h2-6,15-16,18-19,30H,7-10H2,1H3,(H,27,28)/t15?,16?,18-,19?,23?/m0/s1. The smallest absolute Gasteiger partial charge is 0.338 e. The molecule has 6 rings (SSSR count). The van der Waals surface area contributed by atoms with Gasteiger partial charge in [-0.05, 0) is 18.6 Å². The number of aliphatic hydroxyl groups excluding tert-OH is 1. The van der Waals surface area contributed by atoms with Crippen molar-refractivity contribution in [2.45, 2.75) is 30.7 Å². The molecule has 1 aromatic carbocycles. The molecule has 2 N–H and O–H groups in total. The summed E-state index contributed by atoms with van der Waals surface area (Å²) in [5.41, 5.74) is 1.37. The monoisotopic (exact) mass is 504 g/mol. The molecule has 1 spiro atoms. The average Bonchev–Trinajstić information content (AvgIpc) is 3.47. The number of halogens is 2. The molecule has 1 saturated carbocycles. The van der Waals surface area contributed by atoms with E-state index in [2.05, 4.69) is 15.2 Å². The van der Waals surface area contributed by atoms with E-state index in [0.717, 1.165) is 6.42 Å². The Labute approximate surface area is 204 Å². The van der Waals surface area contributed by atoms with Crippen LogP contribution in [0.25, 0.3) is 0 Å². The molecule has 2 aromatic rings. The number of carbonyl (C=O) groups is 1. The molecule has 8 nitrogen and oxygen atoms in total. The van der Waals surface area contributed by atoms with Gasteiger partial charge < -0.3 is 19.9 Å². The number of rotatable bonds is 5. The Kier molecular flexibility index (Phi) is 5.27. The van der Waals surface area contributed by atoms with Crippen LogP contribution in [-0.4, -0.2) is 71.9 Å². The van der Waals surface area contributed by atoms with Gasteiger partial charge in [0.15, 0.2) is 10.8 Å². The predicted octanol–water partition coefficient (Wildman–Crippen LogP) is 2.29. The van der Waals surface area contributed by atoms with Crippen molar-refractivity contribution in [2.75, 3.05) is 26.9 Å². The number of thiazole rings is 1. The lowest BCUT2D eigenvalue weighted by molar-refractivity contribution is -0.239. The second-order valence-electron chi connectivity index (χ2n) is 9.04. The van der Waals surface area contributed by atoms with Crippen LogP contribution >= 0.6 is 22.9 Å². The zero-order chi connectivity index (χ0) is 23.6. The normalized spacial score (nSPS) is 32.2. The van der Waals surface area contributed by atoms with Gasteiger partial charge in [-0.2, -0.15) is 0 Å². The van der Waals surface area contributed by atoms with Gasteiger partial charge in [0.05, 0.1) is 32.0 Å². The SMILES string of the molecule is COC(=O)C1=C(CN2C3COCC34CC(O)C24)NC(c2nccs2)=N[C@H]1c1ccc(F)cc1Cl. The third-order valence-electron chi connectivity index (χ3n) is 7.37. The maximum absolute atomic E-state index is 13.8. The summed E-state index contributed by atoms with van der Waals surface area (Å²) in [5.74, 6) is -0.544. The number of hydrogen-bond acceptors (Lipinski definition) is 9. The van der Waals surface area contributed by atoms with Gasteiger partial charge in [0, 0.05) is 51.9 Å². The molecule has 2 saturated heterocycles. The third-order valence-corrected chi connectivity index (χ3v) is 8.48. The second kappa shape index (κ2) is 8.10. The molecule has 1 aliphatic carbocycles. The van der Waals surface area contributed by atoms with Crippen molar-refractivity contribution in [1.29, 1.82) is 0 Å². The minimum absolute atomic E-state index is 0.00797. The van der Waals surface area contributed by atoms with Crippen LogP contribution in [0.2, 0.25) is 5.02 Å². The summed E-state index contributed by atoms with van der Waals surface area (Å²) in [4.78, 5) is 24.4. The Morgan fingerprint density at radius 2 is 2.35 bits per heavy atom. The molecule has 4 unspecified atom stereocenters. The van der Waals surface area contributed by atoms with Gasteiger partial charge in [-0.1, -0.05) is 17.7 Å². The highest BCUT2D eigenvalue weighted by Gasteiger charge is 2.72. The number of aliphatic imine (C=N–C) groups is 1. The number of aromatic nitrogens is 1. The van der Waals surface area contributed by atoms with Gasteiger partial charge >= 0.3 is 5.97 Å². The van der Waals surface area contributed by atoms with Gasteiger partial charge in [-0.3, -0.25) is 9.89 Å². The van der Waals surface area contributed by atoms with E-state index in [1.807, 2.05) is 5.38 Å². The lowest BCUT2D eigenvalue weighted by Crippen LogP contribution is -2.82. The van der Waals surface area contributed by atoms with Gasteiger partial charge in [0.2, 0.25) is 0 Å². The molecule has 5 atom stereocenters. The van der Waals surface area contributed by atoms with Gasteiger partial charge in [0.1, 0.15) is 11.9 Å². The summed E-state index contributed by atoms with van der Waals surface area (Å²) < 4.78 is 24.7. The molecule has 0 radical (unpaired) electrons. The van der Waals surface area contributed by atoms with Crippen LogP contribution in [0.3, 0.4) is 0 Å². The number of nitrogens with one attached hydrogen (secondary N) is 1. The number of hydrogen-bond donors (Lipinski definition) is 2. The molecular formula is C23H22ClFN4O4S. The summed E-state index contributed by atoms with van der Waals surface area (Å²) in [5, 5.41) is 16.4. The van der Waals surface area contributed by atoms with Crippen LogP contribution in [0.1, 0.15) is 23.0 Å². The fourth-order valence-electron chi connectivity index (χ4n) is 5.89. The van der Waals surface area contributed by atoms with Crippen molar-refractivity contribution in [2.24, 2.45) is 10.4 Å². The number of benzene rings is 1. The predicted molar refractivity (Wildman–Crippen MR) is 123 cm³/mol. The quantitative estimate of drug-likeness (QED) is 0.603. The Bertz CT molecular complexity index is 1220. The molecule has 178 valence electrons. The van der Waals surface area contributed by atoms with E-state index < -0.39 is 23.9 Å². The molecule has 3 aliphatic heterocycles. The summed E-state index contributed by atoms with van der Waals surface area (Å²) >= 11 is 7.81. The molecular weight excluding hydrogens is 483 g/mol. The first-order valence-electron chi connectivity index (χ1n) is 11.0. The molecule has 3 fully saturated rings. The zero-order valence-corrected chi connectivity index (χ0v) is 19.8. The maximum Gasteiger partial charge on any atom is 0.338 e. The van der Waals surface area contributed by atoms with Gasteiger partial charge in [0.25, 0.3) is 0 Å². The fourth-order valence-corrected chi connectivity index (χ4v) is 6.75. The number of nitrogens with zero attached hydrogens (tertiary/aromatic N) is 3. The van der Waals surface area contributed by atoms with Crippen LogP contribution in [0.15, 0.2) is 46.0 Å². The van der Waals surface area contributed by atoms with Crippen molar-refractivity contribution in [3.05, 3.63) is 62.5 Å². The van der Waals surface area contributed by atoms with E-state index in [4.69, 9.17) is 26.1 Å². The summed E-state index contributed by atoms with van der Waals surface area (Å²) in [6.45, 7) is 1.60. The Morgan fingerprint density at radius 1 is 1.50 bits per heavy atom. The highest BCUT2D eigenvalue weighted by molar-refractivity contribution is 7.11.